The van der Waals surface area contributed by atoms with Crippen molar-refractivity contribution >= 4 is 23.2 Å². The topological polar surface area (TPSA) is 72.2 Å². The molecule has 1 amide bonds. The molecule has 6 heteroatoms. The third-order valence-electron chi connectivity index (χ3n) is 4.36. The van der Waals surface area contributed by atoms with Crippen molar-refractivity contribution in [3.8, 4) is 0 Å². The molecule has 0 heterocycles. The second kappa shape index (κ2) is 5.64. The van der Waals surface area contributed by atoms with E-state index in [1.807, 2.05) is 0 Å². The van der Waals surface area contributed by atoms with E-state index in [1.165, 1.54) is 43.9 Å². The number of benzene rings is 1. The summed E-state index contributed by atoms with van der Waals surface area (Å²) in [6.07, 6.45) is 5.07. The standard InChI is InChI=1S/C15H17ClN2O3/c16-13-6-5-11(7-14(13)18(20)21)15(19)17-8-12(9-1-2-9)10-3-4-10/h5-7,9-10,12H,1-4,8H2,(H,17,19). The zero-order valence-corrected chi connectivity index (χ0v) is 12.3. The minimum atomic E-state index is -0.573. The fraction of sp³-hybridized carbons (Fsp3) is 0.533. The fourth-order valence-corrected chi connectivity index (χ4v) is 3.06. The summed E-state index contributed by atoms with van der Waals surface area (Å²) in [4.78, 5) is 22.4. The number of hydrogen-bond donors (Lipinski definition) is 1. The molecule has 0 aromatic heterocycles. The highest BCUT2D eigenvalue weighted by molar-refractivity contribution is 6.32. The number of halogens is 1. The Morgan fingerprint density at radius 2 is 1.95 bits per heavy atom. The molecule has 0 radical (unpaired) electrons. The average Bonchev–Trinajstić information content (AvgIpc) is 3.32. The summed E-state index contributed by atoms with van der Waals surface area (Å²) < 4.78 is 0. The monoisotopic (exact) mass is 308 g/mol. The summed E-state index contributed by atoms with van der Waals surface area (Å²) in [7, 11) is 0. The summed E-state index contributed by atoms with van der Waals surface area (Å²) in [5.74, 6) is 1.84. The van der Waals surface area contributed by atoms with Crippen LogP contribution in [-0.2, 0) is 0 Å². The van der Waals surface area contributed by atoms with Crippen LogP contribution in [0.3, 0.4) is 0 Å². The Bertz CT molecular complexity index is 570. The highest BCUT2D eigenvalue weighted by Crippen LogP contribution is 2.48. The zero-order chi connectivity index (χ0) is 15.0. The predicted molar refractivity (Wildman–Crippen MR) is 79.4 cm³/mol. The first kappa shape index (κ1) is 14.3. The normalized spacial score (nSPS) is 17.8. The van der Waals surface area contributed by atoms with E-state index in [0.29, 0.717) is 12.5 Å². The molecule has 0 atom stereocenters. The van der Waals surface area contributed by atoms with Gasteiger partial charge in [-0.05, 0) is 55.6 Å². The largest absolute Gasteiger partial charge is 0.352 e. The van der Waals surface area contributed by atoms with Crippen LogP contribution in [0.5, 0.6) is 0 Å². The predicted octanol–water partition coefficient (Wildman–Crippen LogP) is 3.41. The number of amides is 1. The van der Waals surface area contributed by atoms with Crippen LogP contribution in [0.25, 0.3) is 0 Å². The summed E-state index contributed by atoms with van der Waals surface area (Å²) in [6.45, 7) is 0.671. The number of nitro groups is 1. The molecule has 1 aromatic carbocycles. The minimum Gasteiger partial charge on any atom is -0.352 e. The van der Waals surface area contributed by atoms with Gasteiger partial charge in [0.05, 0.1) is 4.92 Å². The van der Waals surface area contributed by atoms with Crippen LogP contribution < -0.4 is 5.32 Å². The molecule has 1 N–H and O–H groups in total. The van der Waals surface area contributed by atoms with Crippen molar-refractivity contribution in [1.29, 1.82) is 0 Å². The minimum absolute atomic E-state index is 0.0467. The highest BCUT2D eigenvalue weighted by atomic mass is 35.5. The third-order valence-corrected chi connectivity index (χ3v) is 4.68. The lowest BCUT2D eigenvalue weighted by Gasteiger charge is -2.16. The van der Waals surface area contributed by atoms with Gasteiger partial charge in [0.25, 0.3) is 11.6 Å². The van der Waals surface area contributed by atoms with Crippen molar-refractivity contribution in [2.45, 2.75) is 25.7 Å². The van der Waals surface area contributed by atoms with Gasteiger partial charge in [-0.2, -0.15) is 0 Å². The van der Waals surface area contributed by atoms with Crippen molar-refractivity contribution in [3.05, 3.63) is 38.9 Å². The summed E-state index contributed by atoms with van der Waals surface area (Å²) >= 11 is 5.75. The first-order valence-electron chi connectivity index (χ1n) is 7.28. The van der Waals surface area contributed by atoms with Crippen LogP contribution in [0.4, 0.5) is 5.69 Å². The van der Waals surface area contributed by atoms with Crippen LogP contribution in [-0.4, -0.2) is 17.4 Å². The number of nitro benzene ring substituents is 1. The maximum atomic E-state index is 12.1. The van der Waals surface area contributed by atoms with Gasteiger partial charge in [-0.3, -0.25) is 14.9 Å². The van der Waals surface area contributed by atoms with Gasteiger partial charge in [0.2, 0.25) is 0 Å². The van der Waals surface area contributed by atoms with Gasteiger partial charge in [0.15, 0.2) is 0 Å². The number of hydrogen-bond acceptors (Lipinski definition) is 3. The first-order chi connectivity index (χ1) is 10.1. The molecule has 2 fully saturated rings. The van der Waals surface area contributed by atoms with E-state index in [4.69, 9.17) is 11.6 Å². The molecule has 0 spiro atoms. The number of carbonyl (C=O) groups excluding carboxylic acids is 1. The van der Waals surface area contributed by atoms with Gasteiger partial charge in [-0.25, -0.2) is 0 Å². The second-order valence-corrected chi connectivity index (χ2v) is 6.38. The molecular formula is C15H17ClN2O3. The van der Waals surface area contributed by atoms with E-state index in [0.717, 1.165) is 11.8 Å². The number of carbonyl (C=O) groups is 1. The van der Waals surface area contributed by atoms with Crippen molar-refractivity contribution < 1.29 is 9.72 Å². The smallest absolute Gasteiger partial charge is 0.288 e. The van der Waals surface area contributed by atoms with Crippen LogP contribution >= 0.6 is 11.6 Å². The lowest BCUT2D eigenvalue weighted by molar-refractivity contribution is -0.384. The maximum absolute atomic E-state index is 12.1. The molecule has 21 heavy (non-hydrogen) atoms. The lowest BCUT2D eigenvalue weighted by atomic mass is 9.98. The SMILES string of the molecule is O=C(NCC(C1CC1)C1CC1)c1ccc(Cl)c([N+](=O)[O-])c1. The molecule has 2 saturated carbocycles. The van der Waals surface area contributed by atoms with Crippen LogP contribution in [0.2, 0.25) is 5.02 Å². The molecule has 2 aliphatic rings. The van der Waals surface area contributed by atoms with Crippen LogP contribution in [0, 0.1) is 27.9 Å². The van der Waals surface area contributed by atoms with E-state index in [9.17, 15) is 14.9 Å². The second-order valence-electron chi connectivity index (χ2n) is 5.97. The Labute approximate surface area is 127 Å². The first-order valence-corrected chi connectivity index (χ1v) is 7.66. The van der Waals surface area contributed by atoms with E-state index >= 15 is 0 Å². The molecule has 0 unspecified atom stereocenters. The Kier molecular flexibility index (Phi) is 3.85. The molecular weight excluding hydrogens is 292 g/mol. The van der Waals surface area contributed by atoms with Gasteiger partial charge in [0, 0.05) is 18.2 Å². The number of rotatable bonds is 6. The summed E-state index contributed by atoms with van der Waals surface area (Å²) in [5, 5.41) is 13.8. The van der Waals surface area contributed by atoms with E-state index in [-0.39, 0.29) is 22.2 Å². The molecule has 2 aliphatic carbocycles. The van der Waals surface area contributed by atoms with Gasteiger partial charge in [0.1, 0.15) is 5.02 Å². The Hall–Kier alpha value is -1.62. The van der Waals surface area contributed by atoms with Crippen molar-refractivity contribution in [2.75, 3.05) is 6.54 Å². The molecule has 112 valence electrons. The maximum Gasteiger partial charge on any atom is 0.288 e. The quantitative estimate of drug-likeness (QED) is 0.646. The van der Waals surface area contributed by atoms with Gasteiger partial charge in [-0.15, -0.1) is 0 Å². The Morgan fingerprint density at radius 3 is 2.48 bits per heavy atom. The van der Waals surface area contributed by atoms with E-state index < -0.39 is 4.92 Å². The Balaban J connectivity index is 1.64. The molecule has 0 bridgehead atoms. The van der Waals surface area contributed by atoms with Gasteiger partial charge in [-0.1, -0.05) is 11.6 Å². The van der Waals surface area contributed by atoms with Crippen LogP contribution in [0.15, 0.2) is 18.2 Å². The lowest BCUT2D eigenvalue weighted by Crippen LogP contribution is -2.31. The van der Waals surface area contributed by atoms with Crippen molar-refractivity contribution in [2.24, 2.45) is 17.8 Å². The van der Waals surface area contributed by atoms with Crippen LogP contribution in [0.1, 0.15) is 36.0 Å². The molecule has 0 aliphatic heterocycles. The Morgan fingerprint density at radius 1 is 1.33 bits per heavy atom. The highest BCUT2D eigenvalue weighted by Gasteiger charge is 2.41. The van der Waals surface area contributed by atoms with E-state index in [1.54, 1.807) is 0 Å². The third kappa shape index (κ3) is 3.35. The summed E-state index contributed by atoms with van der Waals surface area (Å²) in [5.41, 5.74) is 0.0571. The van der Waals surface area contributed by atoms with Crippen molar-refractivity contribution in [3.63, 3.8) is 0 Å². The zero-order valence-electron chi connectivity index (χ0n) is 11.5. The fourth-order valence-electron chi connectivity index (χ4n) is 2.87. The van der Waals surface area contributed by atoms with Gasteiger partial charge >= 0.3 is 0 Å². The molecule has 0 saturated heterocycles. The average molecular weight is 309 g/mol. The molecule has 1 aromatic rings. The summed E-state index contributed by atoms with van der Waals surface area (Å²) in [6, 6.07) is 4.16. The van der Waals surface area contributed by atoms with Crippen molar-refractivity contribution in [1.82, 2.24) is 5.32 Å². The van der Waals surface area contributed by atoms with E-state index in [2.05, 4.69) is 5.32 Å². The molecule has 5 nitrogen and oxygen atoms in total. The number of nitrogens with zero attached hydrogens (tertiary/aromatic N) is 1. The number of nitrogens with one attached hydrogen (secondary N) is 1. The van der Waals surface area contributed by atoms with Gasteiger partial charge < -0.3 is 5.32 Å². The molecule has 3 rings (SSSR count).